The summed E-state index contributed by atoms with van der Waals surface area (Å²) in [6.45, 7) is 1.75. The molecule has 0 amide bonds. The summed E-state index contributed by atoms with van der Waals surface area (Å²) < 4.78 is 5.13. The Balaban J connectivity index is 2.76. The van der Waals surface area contributed by atoms with Crippen molar-refractivity contribution >= 4 is 5.69 Å². The number of ether oxygens (including phenoxy) is 1. The van der Waals surface area contributed by atoms with E-state index < -0.39 is 11.0 Å². The van der Waals surface area contributed by atoms with Crippen molar-refractivity contribution in [3.05, 3.63) is 28.3 Å². The molecule has 0 radical (unpaired) electrons. The fourth-order valence-corrected chi connectivity index (χ4v) is 1.11. The molecular formula is C10H13NO5. The molecule has 0 saturated carbocycles. The van der Waals surface area contributed by atoms with Crippen LogP contribution in [0.15, 0.2) is 18.2 Å². The smallest absolute Gasteiger partial charge is 0.311 e. The van der Waals surface area contributed by atoms with E-state index in [0.717, 1.165) is 0 Å². The second-order valence-electron chi connectivity index (χ2n) is 3.40. The molecule has 0 aliphatic heterocycles. The lowest BCUT2D eigenvalue weighted by Crippen LogP contribution is -2.08. The van der Waals surface area contributed by atoms with Crippen molar-refractivity contribution in [2.75, 3.05) is 6.61 Å². The molecule has 6 heteroatoms. The molecule has 0 heterocycles. The van der Waals surface area contributed by atoms with Gasteiger partial charge in [0.2, 0.25) is 5.75 Å². The number of rotatable bonds is 5. The highest BCUT2D eigenvalue weighted by Crippen LogP contribution is 2.30. The third-order valence-corrected chi connectivity index (χ3v) is 1.93. The number of hydrogen-bond acceptors (Lipinski definition) is 5. The first-order chi connectivity index (χ1) is 7.50. The molecule has 88 valence electrons. The molecule has 0 aliphatic rings. The number of nitrogens with zero attached hydrogens (tertiary/aromatic N) is 1. The van der Waals surface area contributed by atoms with Gasteiger partial charge in [0.1, 0.15) is 5.75 Å². The van der Waals surface area contributed by atoms with Gasteiger partial charge in [0.15, 0.2) is 0 Å². The fourth-order valence-electron chi connectivity index (χ4n) is 1.11. The van der Waals surface area contributed by atoms with Gasteiger partial charge in [-0.2, -0.15) is 0 Å². The molecule has 0 bridgehead atoms. The number of hydrogen-bond donors (Lipinski definition) is 2. The van der Waals surface area contributed by atoms with Gasteiger partial charge in [-0.15, -0.1) is 0 Å². The molecule has 1 aromatic carbocycles. The Morgan fingerprint density at radius 3 is 2.81 bits per heavy atom. The van der Waals surface area contributed by atoms with E-state index in [0.29, 0.717) is 6.42 Å². The van der Waals surface area contributed by atoms with E-state index in [2.05, 4.69) is 0 Å². The zero-order chi connectivity index (χ0) is 12.1. The van der Waals surface area contributed by atoms with Crippen LogP contribution in [0.25, 0.3) is 0 Å². The van der Waals surface area contributed by atoms with Crippen molar-refractivity contribution in [1.29, 1.82) is 0 Å². The molecule has 6 nitrogen and oxygen atoms in total. The number of aromatic hydroxyl groups is 1. The van der Waals surface area contributed by atoms with E-state index >= 15 is 0 Å². The maximum atomic E-state index is 10.6. The van der Waals surface area contributed by atoms with Crippen LogP contribution in [0.3, 0.4) is 0 Å². The molecule has 0 saturated heterocycles. The molecule has 1 aromatic rings. The molecule has 1 unspecified atom stereocenters. The number of phenolic OH excluding ortho intramolecular Hbond substituents is 1. The van der Waals surface area contributed by atoms with Gasteiger partial charge in [0.05, 0.1) is 17.6 Å². The monoisotopic (exact) mass is 227 g/mol. The van der Waals surface area contributed by atoms with Crippen LogP contribution in [-0.4, -0.2) is 27.8 Å². The lowest BCUT2D eigenvalue weighted by molar-refractivity contribution is -0.385. The Morgan fingerprint density at radius 1 is 1.56 bits per heavy atom. The first kappa shape index (κ1) is 12.3. The summed E-state index contributed by atoms with van der Waals surface area (Å²) in [6.07, 6.45) is -0.163. The number of aliphatic hydroxyl groups is 1. The second-order valence-corrected chi connectivity index (χ2v) is 3.40. The third kappa shape index (κ3) is 3.39. The minimum absolute atomic E-state index is 0.00523. The number of aliphatic hydroxyl groups excluding tert-OH is 1. The first-order valence-corrected chi connectivity index (χ1v) is 4.79. The average Bonchev–Trinajstić information content (AvgIpc) is 2.16. The van der Waals surface area contributed by atoms with Crippen LogP contribution in [0.2, 0.25) is 0 Å². The van der Waals surface area contributed by atoms with Crippen LogP contribution >= 0.6 is 0 Å². The van der Waals surface area contributed by atoms with E-state index in [9.17, 15) is 15.2 Å². The molecule has 1 rings (SSSR count). The Bertz CT molecular complexity index is 377. The van der Waals surface area contributed by atoms with Gasteiger partial charge >= 0.3 is 5.69 Å². The van der Waals surface area contributed by atoms with Gasteiger partial charge in [-0.05, 0) is 13.0 Å². The largest absolute Gasteiger partial charge is 0.508 e. The van der Waals surface area contributed by atoms with E-state index in [1.165, 1.54) is 18.2 Å². The van der Waals surface area contributed by atoms with E-state index in [4.69, 9.17) is 9.84 Å². The highest BCUT2D eigenvalue weighted by atomic mass is 16.6. The van der Waals surface area contributed by atoms with Gasteiger partial charge in [-0.1, -0.05) is 0 Å². The summed E-state index contributed by atoms with van der Waals surface area (Å²) in [4.78, 5) is 10.0. The highest BCUT2D eigenvalue weighted by Gasteiger charge is 2.15. The third-order valence-electron chi connectivity index (χ3n) is 1.93. The van der Waals surface area contributed by atoms with Gasteiger partial charge in [0, 0.05) is 18.6 Å². The Labute approximate surface area is 92.2 Å². The minimum atomic E-state index is -0.586. The Hall–Kier alpha value is -1.82. The fraction of sp³-hybridized carbons (Fsp3) is 0.400. The topological polar surface area (TPSA) is 92.8 Å². The van der Waals surface area contributed by atoms with Crippen molar-refractivity contribution in [1.82, 2.24) is 0 Å². The standard InChI is InChI=1S/C10H13NO5/c1-7(12)4-5-16-10-6-8(13)2-3-9(10)11(14)15/h2-3,6-7,12-13H,4-5H2,1H3. The van der Waals surface area contributed by atoms with Crippen LogP contribution in [0.5, 0.6) is 11.5 Å². The lowest BCUT2D eigenvalue weighted by Gasteiger charge is -2.08. The maximum absolute atomic E-state index is 10.6. The van der Waals surface area contributed by atoms with Crippen LogP contribution < -0.4 is 4.74 Å². The molecule has 0 fully saturated rings. The highest BCUT2D eigenvalue weighted by molar-refractivity contribution is 5.50. The molecule has 1 atom stereocenters. The van der Waals surface area contributed by atoms with Gasteiger partial charge < -0.3 is 14.9 Å². The van der Waals surface area contributed by atoms with Crippen molar-refractivity contribution in [3.63, 3.8) is 0 Å². The zero-order valence-corrected chi connectivity index (χ0v) is 8.79. The quantitative estimate of drug-likeness (QED) is 0.586. The lowest BCUT2D eigenvalue weighted by atomic mass is 10.2. The molecule has 0 aliphatic carbocycles. The number of phenols is 1. The predicted molar refractivity (Wildman–Crippen MR) is 56.6 cm³/mol. The van der Waals surface area contributed by atoms with Crippen molar-refractivity contribution in [2.45, 2.75) is 19.4 Å². The van der Waals surface area contributed by atoms with E-state index in [1.54, 1.807) is 6.92 Å². The Morgan fingerprint density at radius 2 is 2.25 bits per heavy atom. The summed E-state index contributed by atoms with van der Waals surface area (Å²) >= 11 is 0. The van der Waals surface area contributed by atoms with Crippen LogP contribution in [0.4, 0.5) is 5.69 Å². The van der Waals surface area contributed by atoms with Gasteiger partial charge in [-0.25, -0.2) is 0 Å². The summed E-state index contributed by atoms with van der Waals surface area (Å²) in [5, 5.41) is 28.8. The van der Waals surface area contributed by atoms with Crippen LogP contribution in [0.1, 0.15) is 13.3 Å². The Kier molecular flexibility index (Phi) is 4.07. The summed E-state index contributed by atoms with van der Waals surface area (Å²) in [5.74, 6) is -0.0942. The molecule has 16 heavy (non-hydrogen) atoms. The predicted octanol–water partition coefficient (Wildman–Crippen LogP) is 1.45. The number of benzene rings is 1. The minimum Gasteiger partial charge on any atom is -0.508 e. The SMILES string of the molecule is CC(O)CCOc1cc(O)ccc1[N+](=O)[O-]. The van der Waals surface area contributed by atoms with E-state index in [-0.39, 0.29) is 23.8 Å². The van der Waals surface area contributed by atoms with Gasteiger partial charge in [-0.3, -0.25) is 10.1 Å². The first-order valence-electron chi connectivity index (χ1n) is 4.79. The molecule has 2 N–H and O–H groups in total. The zero-order valence-electron chi connectivity index (χ0n) is 8.79. The average molecular weight is 227 g/mol. The van der Waals surface area contributed by atoms with Crippen molar-refractivity contribution in [2.24, 2.45) is 0 Å². The summed E-state index contributed by atoms with van der Waals surface area (Å²) in [6, 6.07) is 3.58. The molecular weight excluding hydrogens is 214 g/mol. The second kappa shape index (κ2) is 5.32. The summed E-state index contributed by atoms with van der Waals surface area (Å²) in [7, 11) is 0. The maximum Gasteiger partial charge on any atom is 0.311 e. The van der Waals surface area contributed by atoms with E-state index in [1.807, 2.05) is 0 Å². The van der Waals surface area contributed by atoms with Gasteiger partial charge in [0.25, 0.3) is 0 Å². The molecule has 0 spiro atoms. The number of nitro groups is 1. The number of nitro benzene ring substituents is 1. The van der Waals surface area contributed by atoms with Crippen LogP contribution in [0, 0.1) is 10.1 Å². The van der Waals surface area contributed by atoms with Crippen molar-refractivity contribution in [3.8, 4) is 11.5 Å². The van der Waals surface area contributed by atoms with Crippen LogP contribution in [-0.2, 0) is 0 Å². The molecule has 0 aromatic heterocycles. The summed E-state index contributed by atoms with van der Waals surface area (Å²) in [5.41, 5.74) is -0.205. The van der Waals surface area contributed by atoms with Crippen molar-refractivity contribution < 1.29 is 19.9 Å². The normalized spacial score (nSPS) is 12.1.